The molecule has 7 heteroatoms. The van der Waals surface area contributed by atoms with Crippen LogP contribution >= 0.6 is 0 Å². The van der Waals surface area contributed by atoms with Crippen molar-refractivity contribution >= 4 is 5.84 Å². The molecule has 0 unspecified atom stereocenters. The fourth-order valence-electron chi connectivity index (χ4n) is 1.46. The second-order valence-corrected chi connectivity index (χ2v) is 3.70. The average molecular weight is 246 g/mol. The third-order valence-electron chi connectivity index (χ3n) is 2.25. The van der Waals surface area contributed by atoms with Gasteiger partial charge in [-0.2, -0.15) is 10.2 Å². The molecule has 3 N–H and O–H groups in total. The average Bonchev–Trinajstić information content (AvgIpc) is 2.77. The molecule has 0 aliphatic heterocycles. The number of amidine groups is 1. The SMILES string of the molecule is CCCn1cc(Oc2nnccc2C(=N)N)cn1. The van der Waals surface area contributed by atoms with Gasteiger partial charge in [0.25, 0.3) is 0 Å². The first-order chi connectivity index (χ1) is 8.70. The Morgan fingerprint density at radius 3 is 3.11 bits per heavy atom. The Labute approximate surface area is 104 Å². The van der Waals surface area contributed by atoms with Gasteiger partial charge in [0, 0.05) is 6.54 Å². The highest BCUT2D eigenvalue weighted by Crippen LogP contribution is 2.21. The third-order valence-corrected chi connectivity index (χ3v) is 2.25. The van der Waals surface area contributed by atoms with Gasteiger partial charge in [0.1, 0.15) is 5.84 Å². The molecule has 2 aromatic rings. The molecule has 0 bridgehead atoms. The number of rotatable bonds is 5. The maximum Gasteiger partial charge on any atom is 0.250 e. The van der Waals surface area contributed by atoms with E-state index in [1.54, 1.807) is 23.1 Å². The van der Waals surface area contributed by atoms with Crippen molar-refractivity contribution in [1.82, 2.24) is 20.0 Å². The van der Waals surface area contributed by atoms with Crippen molar-refractivity contribution in [1.29, 1.82) is 5.41 Å². The van der Waals surface area contributed by atoms with E-state index in [-0.39, 0.29) is 11.7 Å². The minimum Gasteiger partial charge on any atom is -0.434 e. The predicted molar refractivity (Wildman–Crippen MR) is 65.6 cm³/mol. The second kappa shape index (κ2) is 5.26. The summed E-state index contributed by atoms with van der Waals surface area (Å²) in [6.45, 7) is 2.89. The minimum absolute atomic E-state index is 0.110. The zero-order chi connectivity index (χ0) is 13.0. The highest BCUT2D eigenvalue weighted by molar-refractivity contribution is 5.96. The van der Waals surface area contributed by atoms with E-state index in [0.717, 1.165) is 13.0 Å². The highest BCUT2D eigenvalue weighted by atomic mass is 16.5. The van der Waals surface area contributed by atoms with E-state index in [4.69, 9.17) is 15.9 Å². The van der Waals surface area contributed by atoms with Gasteiger partial charge in [0.05, 0.1) is 24.2 Å². The van der Waals surface area contributed by atoms with Crippen LogP contribution in [0.3, 0.4) is 0 Å². The van der Waals surface area contributed by atoms with E-state index < -0.39 is 0 Å². The lowest BCUT2D eigenvalue weighted by molar-refractivity contribution is 0.452. The Balaban J connectivity index is 2.20. The molecule has 0 spiro atoms. The summed E-state index contributed by atoms with van der Waals surface area (Å²) in [5, 5.41) is 19.1. The van der Waals surface area contributed by atoms with Crippen LogP contribution in [0.5, 0.6) is 11.6 Å². The van der Waals surface area contributed by atoms with Crippen LogP contribution in [0, 0.1) is 5.41 Å². The fraction of sp³-hybridized carbons (Fsp3) is 0.273. The molecule has 0 saturated carbocycles. The van der Waals surface area contributed by atoms with Gasteiger partial charge in [-0.05, 0) is 12.5 Å². The van der Waals surface area contributed by atoms with Gasteiger partial charge in [-0.25, -0.2) is 0 Å². The van der Waals surface area contributed by atoms with Crippen LogP contribution in [-0.4, -0.2) is 25.8 Å². The Morgan fingerprint density at radius 2 is 2.39 bits per heavy atom. The number of ether oxygens (including phenoxy) is 1. The first-order valence-electron chi connectivity index (χ1n) is 5.57. The smallest absolute Gasteiger partial charge is 0.250 e. The molecule has 2 aromatic heterocycles. The normalized spacial score (nSPS) is 10.3. The number of nitrogens with zero attached hydrogens (tertiary/aromatic N) is 4. The topological polar surface area (TPSA) is 103 Å². The fourth-order valence-corrected chi connectivity index (χ4v) is 1.46. The summed E-state index contributed by atoms with van der Waals surface area (Å²) in [4.78, 5) is 0. The summed E-state index contributed by atoms with van der Waals surface area (Å²) < 4.78 is 7.30. The van der Waals surface area contributed by atoms with E-state index >= 15 is 0 Å². The molecule has 0 amide bonds. The molecule has 0 radical (unpaired) electrons. The van der Waals surface area contributed by atoms with E-state index in [0.29, 0.717) is 11.3 Å². The molecule has 0 atom stereocenters. The first kappa shape index (κ1) is 12.0. The molecule has 2 heterocycles. The van der Waals surface area contributed by atoms with Crippen LogP contribution < -0.4 is 10.5 Å². The number of nitrogens with one attached hydrogen (secondary N) is 1. The van der Waals surface area contributed by atoms with Crippen molar-refractivity contribution < 1.29 is 4.74 Å². The first-order valence-corrected chi connectivity index (χ1v) is 5.57. The van der Waals surface area contributed by atoms with Gasteiger partial charge >= 0.3 is 0 Å². The summed E-state index contributed by atoms with van der Waals surface area (Å²) in [6.07, 6.45) is 5.81. The van der Waals surface area contributed by atoms with Gasteiger partial charge in [0.15, 0.2) is 5.75 Å². The molecule has 0 aromatic carbocycles. The van der Waals surface area contributed by atoms with Gasteiger partial charge in [-0.1, -0.05) is 6.92 Å². The van der Waals surface area contributed by atoms with E-state index in [2.05, 4.69) is 22.2 Å². The monoisotopic (exact) mass is 246 g/mol. The highest BCUT2D eigenvalue weighted by Gasteiger charge is 2.10. The van der Waals surface area contributed by atoms with Crippen LogP contribution in [0.4, 0.5) is 0 Å². The molecular weight excluding hydrogens is 232 g/mol. The Hall–Kier alpha value is -2.44. The van der Waals surface area contributed by atoms with Gasteiger partial charge < -0.3 is 10.5 Å². The number of hydrogen-bond acceptors (Lipinski definition) is 5. The lowest BCUT2D eigenvalue weighted by Crippen LogP contribution is -2.13. The molecule has 2 rings (SSSR count). The predicted octanol–water partition coefficient (Wildman–Crippen LogP) is 1.16. The van der Waals surface area contributed by atoms with Crippen molar-refractivity contribution in [3.63, 3.8) is 0 Å². The van der Waals surface area contributed by atoms with Crippen molar-refractivity contribution in [3.05, 3.63) is 30.2 Å². The number of nitrogens with two attached hydrogens (primary N) is 1. The largest absolute Gasteiger partial charge is 0.434 e. The lowest BCUT2D eigenvalue weighted by atomic mass is 10.3. The Morgan fingerprint density at radius 1 is 1.56 bits per heavy atom. The van der Waals surface area contributed by atoms with Crippen molar-refractivity contribution in [2.45, 2.75) is 19.9 Å². The van der Waals surface area contributed by atoms with Crippen LogP contribution in [0.15, 0.2) is 24.7 Å². The van der Waals surface area contributed by atoms with Crippen LogP contribution in [-0.2, 0) is 6.54 Å². The van der Waals surface area contributed by atoms with Crippen molar-refractivity contribution in [2.24, 2.45) is 5.73 Å². The quantitative estimate of drug-likeness (QED) is 0.608. The van der Waals surface area contributed by atoms with Crippen LogP contribution in [0.2, 0.25) is 0 Å². The standard InChI is InChI=1S/C11H14N6O/c1-2-5-17-7-8(6-15-17)18-11-9(10(12)13)3-4-14-16-11/h3-4,6-7H,2,5H2,1H3,(H3,12,13). The zero-order valence-corrected chi connectivity index (χ0v) is 10.00. The van der Waals surface area contributed by atoms with Crippen molar-refractivity contribution in [2.75, 3.05) is 0 Å². The number of hydrogen-bond donors (Lipinski definition) is 2. The lowest BCUT2D eigenvalue weighted by Gasteiger charge is -2.05. The summed E-state index contributed by atoms with van der Waals surface area (Å²) in [7, 11) is 0. The summed E-state index contributed by atoms with van der Waals surface area (Å²) in [6, 6.07) is 1.58. The Bertz CT molecular complexity index is 550. The maximum atomic E-state index is 7.42. The number of aryl methyl sites for hydroxylation is 1. The summed E-state index contributed by atoms with van der Waals surface area (Å²) in [5.74, 6) is 0.647. The molecular formula is C11H14N6O. The van der Waals surface area contributed by atoms with Gasteiger partial charge in [-0.15, -0.1) is 5.10 Å². The molecule has 0 aliphatic rings. The second-order valence-electron chi connectivity index (χ2n) is 3.70. The minimum atomic E-state index is -0.110. The molecule has 0 aliphatic carbocycles. The molecule has 18 heavy (non-hydrogen) atoms. The van der Waals surface area contributed by atoms with Gasteiger partial charge in [0.2, 0.25) is 5.88 Å². The third kappa shape index (κ3) is 2.62. The maximum absolute atomic E-state index is 7.42. The van der Waals surface area contributed by atoms with Crippen LogP contribution in [0.1, 0.15) is 18.9 Å². The van der Waals surface area contributed by atoms with E-state index in [9.17, 15) is 0 Å². The van der Waals surface area contributed by atoms with Gasteiger partial charge in [-0.3, -0.25) is 10.1 Å². The van der Waals surface area contributed by atoms with Crippen LogP contribution in [0.25, 0.3) is 0 Å². The summed E-state index contributed by atoms with van der Waals surface area (Å²) in [5.41, 5.74) is 5.85. The number of aromatic nitrogens is 4. The zero-order valence-electron chi connectivity index (χ0n) is 10.00. The molecule has 7 nitrogen and oxygen atoms in total. The molecule has 0 saturated heterocycles. The number of nitrogen functional groups attached to an aromatic ring is 1. The van der Waals surface area contributed by atoms with Crippen molar-refractivity contribution in [3.8, 4) is 11.6 Å². The molecule has 0 fully saturated rings. The van der Waals surface area contributed by atoms with E-state index in [1.807, 2.05) is 0 Å². The Kier molecular flexibility index (Phi) is 3.52. The molecule has 94 valence electrons. The summed E-state index contributed by atoms with van der Waals surface area (Å²) >= 11 is 0. The van der Waals surface area contributed by atoms with E-state index in [1.165, 1.54) is 6.20 Å².